The van der Waals surface area contributed by atoms with Crippen molar-refractivity contribution >= 4 is 39.1 Å². The van der Waals surface area contributed by atoms with Gasteiger partial charge in [0.25, 0.3) is 0 Å². The Morgan fingerprint density at radius 2 is 1.76 bits per heavy atom. The normalized spacial score (nSPS) is 12.4. The lowest BCUT2D eigenvalue weighted by molar-refractivity contribution is 0.919. The third-order valence-electron chi connectivity index (χ3n) is 2.50. The van der Waals surface area contributed by atoms with Gasteiger partial charge in [-0.2, -0.15) is 0 Å². The van der Waals surface area contributed by atoms with E-state index in [1.807, 2.05) is 36.4 Å². The Bertz CT molecular complexity index is 477. The third-order valence-corrected chi connectivity index (χ3v) is 3.59. The lowest BCUT2D eigenvalue weighted by Crippen LogP contribution is -1.95. The second kappa shape index (κ2) is 5.90. The van der Waals surface area contributed by atoms with Crippen LogP contribution in [-0.2, 0) is 6.42 Å². The summed E-state index contributed by atoms with van der Waals surface area (Å²) in [5, 5.41) is 0.639. The first-order valence-electron chi connectivity index (χ1n) is 5.29. The minimum absolute atomic E-state index is 0.0626. The maximum atomic E-state index is 6.41. The molecule has 0 fully saturated rings. The molecule has 0 aliphatic carbocycles. The summed E-state index contributed by atoms with van der Waals surface area (Å²) in [5.41, 5.74) is 2.26. The van der Waals surface area contributed by atoms with Crippen LogP contribution in [0.2, 0.25) is 5.02 Å². The van der Waals surface area contributed by atoms with Crippen LogP contribution in [0.5, 0.6) is 0 Å². The highest BCUT2D eigenvalue weighted by atomic mass is 79.9. The van der Waals surface area contributed by atoms with Gasteiger partial charge in [-0.3, -0.25) is 0 Å². The molecule has 0 saturated heterocycles. The first-order valence-corrected chi connectivity index (χ1v) is 6.90. The van der Waals surface area contributed by atoms with Crippen molar-refractivity contribution in [3.8, 4) is 0 Å². The fourth-order valence-corrected chi connectivity index (χ4v) is 2.89. The summed E-state index contributed by atoms with van der Waals surface area (Å²) in [6.07, 6.45) is 0.801. The molecule has 17 heavy (non-hydrogen) atoms. The molecular formula is C14H11BrCl2. The Morgan fingerprint density at radius 3 is 2.41 bits per heavy atom. The molecule has 0 aliphatic rings. The summed E-state index contributed by atoms with van der Waals surface area (Å²) in [6.45, 7) is 0. The maximum Gasteiger partial charge on any atom is 0.0626 e. The van der Waals surface area contributed by atoms with Crippen LogP contribution in [0.3, 0.4) is 0 Å². The SMILES string of the molecule is Clc1cc(Br)cc(C(Cl)Cc2ccccc2)c1. The fraction of sp³-hybridized carbons (Fsp3) is 0.143. The minimum atomic E-state index is -0.0626. The van der Waals surface area contributed by atoms with Crippen LogP contribution >= 0.6 is 39.1 Å². The topological polar surface area (TPSA) is 0 Å². The van der Waals surface area contributed by atoms with Gasteiger partial charge in [0.1, 0.15) is 0 Å². The molecule has 2 rings (SSSR count). The van der Waals surface area contributed by atoms with Crippen molar-refractivity contribution in [3.05, 3.63) is 69.2 Å². The van der Waals surface area contributed by atoms with Crippen LogP contribution in [0.25, 0.3) is 0 Å². The molecule has 0 amide bonds. The molecule has 3 heteroatoms. The second-order valence-electron chi connectivity index (χ2n) is 3.86. The van der Waals surface area contributed by atoms with Gasteiger partial charge in [-0.05, 0) is 35.7 Å². The minimum Gasteiger partial charge on any atom is -0.117 e. The molecule has 0 aromatic heterocycles. The van der Waals surface area contributed by atoms with E-state index < -0.39 is 0 Å². The quantitative estimate of drug-likeness (QED) is 0.640. The monoisotopic (exact) mass is 328 g/mol. The molecule has 0 saturated carbocycles. The lowest BCUT2D eigenvalue weighted by Gasteiger charge is -2.11. The van der Waals surface area contributed by atoms with Gasteiger partial charge in [0, 0.05) is 9.50 Å². The van der Waals surface area contributed by atoms with Crippen LogP contribution < -0.4 is 0 Å². The smallest absolute Gasteiger partial charge is 0.0626 e. The molecule has 88 valence electrons. The Hall–Kier alpha value is -0.500. The zero-order valence-corrected chi connectivity index (χ0v) is 12.1. The first-order chi connectivity index (χ1) is 8.15. The molecule has 1 unspecified atom stereocenters. The maximum absolute atomic E-state index is 6.41. The Labute approximate surface area is 120 Å². The summed E-state index contributed by atoms with van der Waals surface area (Å²) < 4.78 is 0.957. The van der Waals surface area contributed by atoms with E-state index in [-0.39, 0.29) is 5.38 Å². The average Bonchev–Trinajstić information content (AvgIpc) is 2.29. The highest BCUT2D eigenvalue weighted by Crippen LogP contribution is 2.29. The number of alkyl halides is 1. The Kier molecular flexibility index (Phi) is 4.49. The van der Waals surface area contributed by atoms with E-state index in [0.717, 1.165) is 16.5 Å². The molecule has 1 atom stereocenters. The number of benzene rings is 2. The Morgan fingerprint density at radius 1 is 1.06 bits per heavy atom. The van der Waals surface area contributed by atoms with Crippen molar-refractivity contribution < 1.29 is 0 Å². The summed E-state index contributed by atoms with van der Waals surface area (Å²) in [7, 11) is 0. The molecule has 2 aromatic rings. The second-order valence-corrected chi connectivity index (χ2v) is 5.74. The van der Waals surface area contributed by atoms with E-state index in [4.69, 9.17) is 23.2 Å². The summed E-state index contributed by atoms with van der Waals surface area (Å²) in [4.78, 5) is 0. The average molecular weight is 330 g/mol. The number of rotatable bonds is 3. The Balaban J connectivity index is 2.17. The first kappa shape index (κ1) is 12.9. The van der Waals surface area contributed by atoms with Gasteiger partial charge in [-0.25, -0.2) is 0 Å². The van der Waals surface area contributed by atoms with Crippen molar-refractivity contribution in [1.29, 1.82) is 0 Å². The van der Waals surface area contributed by atoms with Gasteiger partial charge < -0.3 is 0 Å². The van der Waals surface area contributed by atoms with E-state index >= 15 is 0 Å². The number of hydrogen-bond donors (Lipinski definition) is 0. The van der Waals surface area contributed by atoms with Crippen molar-refractivity contribution in [2.45, 2.75) is 11.8 Å². The summed E-state index contributed by atoms with van der Waals surface area (Å²) >= 11 is 15.8. The van der Waals surface area contributed by atoms with Crippen LogP contribution in [0.15, 0.2) is 53.0 Å². The van der Waals surface area contributed by atoms with Crippen molar-refractivity contribution in [1.82, 2.24) is 0 Å². The zero-order valence-electron chi connectivity index (χ0n) is 9.04. The van der Waals surface area contributed by atoms with Gasteiger partial charge in [0.2, 0.25) is 0 Å². The highest BCUT2D eigenvalue weighted by molar-refractivity contribution is 9.10. The van der Waals surface area contributed by atoms with Crippen LogP contribution in [0, 0.1) is 0 Å². The fourth-order valence-electron chi connectivity index (χ4n) is 1.69. The van der Waals surface area contributed by atoms with Crippen LogP contribution in [0.1, 0.15) is 16.5 Å². The third kappa shape index (κ3) is 3.74. The highest BCUT2D eigenvalue weighted by Gasteiger charge is 2.10. The number of halogens is 3. The van der Waals surface area contributed by atoms with E-state index in [9.17, 15) is 0 Å². The van der Waals surface area contributed by atoms with Crippen LogP contribution in [0.4, 0.5) is 0 Å². The molecule has 0 heterocycles. The van der Waals surface area contributed by atoms with Gasteiger partial charge in [0.05, 0.1) is 5.38 Å². The van der Waals surface area contributed by atoms with E-state index in [1.54, 1.807) is 0 Å². The molecule has 0 radical (unpaired) electrons. The summed E-state index contributed by atoms with van der Waals surface area (Å²) in [6, 6.07) is 16.0. The van der Waals surface area contributed by atoms with E-state index in [2.05, 4.69) is 28.1 Å². The molecule has 0 aliphatic heterocycles. The molecule has 0 nitrogen and oxygen atoms in total. The van der Waals surface area contributed by atoms with Gasteiger partial charge in [-0.1, -0.05) is 57.9 Å². The number of hydrogen-bond acceptors (Lipinski definition) is 0. The van der Waals surface area contributed by atoms with Gasteiger partial charge in [0.15, 0.2) is 0 Å². The predicted molar refractivity (Wildman–Crippen MR) is 77.9 cm³/mol. The zero-order chi connectivity index (χ0) is 12.3. The lowest BCUT2D eigenvalue weighted by atomic mass is 10.0. The molecule has 2 aromatic carbocycles. The summed E-state index contributed by atoms with van der Waals surface area (Å²) in [5.74, 6) is 0. The standard InChI is InChI=1S/C14H11BrCl2/c15-12-7-11(8-13(16)9-12)14(17)6-10-4-2-1-3-5-10/h1-5,7-9,14H,6H2. The predicted octanol–water partition coefficient (Wildman–Crippen LogP) is 5.63. The van der Waals surface area contributed by atoms with E-state index in [0.29, 0.717) is 5.02 Å². The van der Waals surface area contributed by atoms with Gasteiger partial charge in [-0.15, -0.1) is 11.6 Å². The largest absolute Gasteiger partial charge is 0.117 e. The van der Waals surface area contributed by atoms with E-state index in [1.165, 1.54) is 5.56 Å². The molecule has 0 N–H and O–H groups in total. The molecule has 0 spiro atoms. The van der Waals surface area contributed by atoms with Gasteiger partial charge >= 0.3 is 0 Å². The van der Waals surface area contributed by atoms with Crippen LogP contribution in [-0.4, -0.2) is 0 Å². The van der Waals surface area contributed by atoms with Crippen molar-refractivity contribution in [2.75, 3.05) is 0 Å². The van der Waals surface area contributed by atoms with Crippen molar-refractivity contribution in [2.24, 2.45) is 0 Å². The molecular weight excluding hydrogens is 319 g/mol. The van der Waals surface area contributed by atoms with Crippen molar-refractivity contribution in [3.63, 3.8) is 0 Å². The molecule has 0 bridgehead atoms.